The van der Waals surface area contributed by atoms with Crippen LogP contribution in [0.1, 0.15) is 26.3 Å². The summed E-state index contributed by atoms with van der Waals surface area (Å²) in [6.45, 7) is 5.92. The third-order valence-electron chi connectivity index (χ3n) is 2.87. The smallest absolute Gasteiger partial charge is 0.407 e. The van der Waals surface area contributed by atoms with Crippen LogP contribution in [0, 0.1) is 0 Å². The molecule has 0 aliphatic rings. The molecule has 1 amide bonds. The van der Waals surface area contributed by atoms with Crippen LogP contribution < -0.4 is 11.1 Å². The molecule has 0 bridgehead atoms. The predicted molar refractivity (Wildman–Crippen MR) is 87.2 cm³/mol. The summed E-state index contributed by atoms with van der Waals surface area (Å²) in [5.74, 6) is 0. The molecule has 0 aliphatic carbocycles. The number of carbonyl (C=O) groups excluding carboxylic acids is 1. The van der Waals surface area contributed by atoms with Crippen molar-refractivity contribution in [2.75, 3.05) is 5.73 Å². The Labute approximate surface area is 130 Å². The molecule has 0 aliphatic heterocycles. The number of amides is 1. The van der Waals surface area contributed by atoms with Crippen molar-refractivity contribution in [2.45, 2.75) is 32.9 Å². The fraction of sp³-hybridized carbons (Fsp3) is 0.294. The zero-order valence-electron chi connectivity index (χ0n) is 13.1. The normalized spacial score (nSPS) is 11.0. The van der Waals surface area contributed by atoms with E-state index in [0.717, 1.165) is 16.8 Å². The van der Waals surface area contributed by atoms with Crippen LogP contribution in [0.2, 0.25) is 0 Å². The van der Waals surface area contributed by atoms with Gasteiger partial charge < -0.3 is 15.8 Å². The number of carbonyl (C=O) groups is 1. The van der Waals surface area contributed by atoms with Gasteiger partial charge >= 0.3 is 6.09 Å². The minimum Gasteiger partial charge on any atom is -0.444 e. The van der Waals surface area contributed by atoms with Gasteiger partial charge in [0, 0.05) is 12.1 Å². The summed E-state index contributed by atoms with van der Waals surface area (Å²) >= 11 is 0. The van der Waals surface area contributed by atoms with Gasteiger partial charge in [-0.1, -0.05) is 24.3 Å². The van der Waals surface area contributed by atoms with E-state index in [1.54, 1.807) is 6.20 Å². The number of hydrogen-bond donors (Lipinski definition) is 2. The molecule has 0 atom stereocenters. The summed E-state index contributed by atoms with van der Waals surface area (Å²) in [7, 11) is 0. The first-order valence-corrected chi connectivity index (χ1v) is 7.11. The van der Waals surface area contributed by atoms with Gasteiger partial charge in [-0.05, 0) is 38.5 Å². The standard InChI is InChI=1S/C17H21N3O2/c1-17(2,3)22-16(21)20-10-12-4-6-13(7-5-12)15-9-8-14(18)11-19-15/h4-9,11H,10,18H2,1-3H3,(H,20,21). The summed E-state index contributed by atoms with van der Waals surface area (Å²) in [6, 6.07) is 11.5. The van der Waals surface area contributed by atoms with Crippen molar-refractivity contribution >= 4 is 11.8 Å². The summed E-state index contributed by atoms with van der Waals surface area (Å²) < 4.78 is 5.19. The maximum Gasteiger partial charge on any atom is 0.407 e. The lowest BCUT2D eigenvalue weighted by Gasteiger charge is -2.19. The molecule has 5 nitrogen and oxygen atoms in total. The van der Waals surface area contributed by atoms with E-state index >= 15 is 0 Å². The van der Waals surface area contributed by atoms with E-state index in [1.165, 1.54) is 0 Å². The van der Waals surface area contributed by atoms with Gasteiger partial charge in [-0.15, -0.1) is 0 Å². The molecular formula is C17H21N3O2. The fourth-order valence-electron chi connectivity index (χ4n) is 1.86. The highest BCUT2D eigenvalue weighted by atomic mass is 16.6. The van der Waals surface area contributed by atoms with Crippen LogP contribution in [0.3, 0.4) is 0 Å². The molecule has 0 saturated carbocycles. The highest BCUT2D eigenvalue weighted by Gasteiger charge is 2.15. The van der Waals surface area contributed by atoms with Gasteiger partial charge in [0.2, 0.25) is 0 Å². The molecule has 3 N–H and O–H groups in total. The Morgan fingerprint density at radius 1 is 1.18 bits per heavy atom. The number of alkyl carbamates (subject to hydrolysis) is 1. The molecule has 2 rings (SSSR count). The van der Waals surface area contributed by atoms with Crippen LogP contribution in [0.5, 0.6) is 0 Å². The molecule has 1 heterocycles. The number of nitrogen functional groups attached to an aromatic ring is 1. The van der Waals surface area contributed by atoms with E-state index in [-0.39, 0.29) is 0 Å². The number of anilines is 1. The maximum atomic E-state index is 11.6. The first-order valence-electron chi connectivity index (χ1n) is 7.11. The molecule has 1 aromatic carbocycles. The number of nitrogens with two attached hydrogens (primary N) is 1. The Morgan fingerprint density at radius 3 is 2.41 bits per heavy atom. The monoisotopic (exact) mass is 299 g/mol. The molecule has 1 aromatic heterocycles. The van der Waals surface area contributed by atoms with Gasteiger partial charge in [-0.25, -0.2) is 4.79 Å². The number of hydrogen-bond acceptors (Lipinski definition) is 4. The quantitative estimate of drug-likeness (QED) is 0.911. The van der Waals surface area contributed by atoms with Crippen molar-refractivity contribution < 1.29 is 9.53 Å². The Bertz CT molecular complexity index is 628. The lowest BCUT2D eigenvalue weighted by Crippen LogP contribution is -2.32. The molecule has 0 fully saturated rings. The summed E-state index contributed by atoms with van der Waals surface area (Å²) in [5.41, 5.74) is 8.63. The molecule has 0 spiro atoms. The van der Waals surface area contributed by atoms with Gasteiger partial charge in [0.15, 0.2) is 0 Å². The fourth-order valence-corrected chi connectivity index (χ4v) is 1.86. The lowest BCUT2D eigenvalue weighted by molar-refractivity contribution is 0.0523. The van der Waals surface area contributed by atoms with E-state index in [0.29, 0.717) is 12.2 Å². The molecule has 5 heteroatoms. The number of pyridine rings is 1. The van der Waals surface area contributed by atoms with Crippen LogP contribution in [0.4, 0.5) is 10.5 Å². The minimum absolute atomic E-state index is 0.420. The van der Waals surface area contributed by atoms with E-state index in [1.807, 2.05) is 57.2 Å². The molecular weight excluding hydrogens is 278 g/mol. The van der Waals surface area contributed by atoms with Crippen molar-refractivity contribution in [3.63, 3.8) is 0 Å². The van der Waals surface area contributed by atoms with Crippen LogP contribution in [-0.2, 0) is 11.3 Å². The summed E-state index contributed by atoms with van der Waals surface area (Å²) in [4.78, 5) is 15.9. The number of nitrogens with one attached hydrogen (secondary N) is 1. The predicted octanol–water partition coefficient (Wildman–Crippen LogP) is 3.36. The third-order valence-corrected chi connectivity index (χ3v) is 2.87. The SMILES string of the molecule is CC(C)(C)OC(=O)NCc1ccc(-c2ccc(N)cn2)cc1. The average Bonchev–Trinajstić information content (AvgIpc) is 2.45. The van der Waals surface area contributed by atoms with Gasteiger partial charge in [0.1, 0.15) is 5.60 Å². The highest BCUT2D eigenvalue weighted by Crippen LogP contribution is 2.18. The second-order valence-electron chi connectivity index (χ2n) is 6.03. The van der Waals surface area contributed by atoms with Gasteiger partial charge in [0.05, 0.1) is 17.6 Å². The number of benzene rings is 1. The number of rotatable bonds is 3. The molecule has 0 unspecified atom stereocenters. The van der Waals surface area contributed by atoms with Crippen LogP contribution >= 0.6 is 0 Å². The molecule has 2 aromatic rings. The van der Waals surface area contributed by atoms with E-state index in [2.05, 4.69) is 10.3 Å². The van der Waals surface area contributed by atoms with Crippen molar-refractivity contribution in [1.29, 1.82) is 0 Å². The van der Waals surface area contributed by atoms with Crippen molar-refractivity contribution in [3.05, 3.63) is 48.2 Å². The van der Waals surface area contributed by atoms with E-state index in [4.69, 9.17) is 10.5 Å². The molecule has 0 radical (unpaired) electrons. The Hall–Kier alpha value is -2.56. The maximum absolute atomic E-state index is 11.6. The summed E-state index contributed by atoms with van der Waals surface area (Å²) in [5, 5.41) is 2.73. The molecule has 0 saturated heterocycles. The Morgan fingerprint density at radius 2 is 1.86 bits per heavy atom. The zero-order valence-corrected chi connectivity index (χ0v) is 13.1. The van der Waals surface area contributed by atoms with E-state index in [9.17, 15) is 4.79 Å². The first-order chi connectivity index (χ1) is 10.3. The van der Waals surface area contributed by atoms with Crippen LogP contribution in [0.25, 0.3) is 11.3 Å². The number of nitrogens with zero attached hydrogens (tertiary/aromatic N) is 1. The lowest BCUT2D eigenvalue weighted by atomic mass is 10.1. The van der Waals surface area contributed by atoms with E-state index < -0.39 is 11.7 Å². The zero-order chi connectivity index (χ0) is 16.2. The third kappa shape index (κ3) is 4.77. The van der Waals surface area contributed by atoms with Crippen molar-refractivity contribution in [1.82, 2.24) is 10.3 Å². The number of ether oxygens (including phenoxy) is 1. The van der Waals surface area contributed by atoms with Gasteiger partial charge in [-0.2, -0.15) is 0 Å². The van der Waals surface area contributed by atoms with Crippen molar-refractivity contribution in [3.8, 4) is 11.3 Å². The van der Waals surface area contributed by atoms with Crippen LogP contribution in [-0.4, -0.2) is 16.7 Å². The number of aromatic nitrogens is 1. The average molecular weight is 299 g/mol. The second kappa shape index (κ2) is 6.47. The Kier molecular flexibility index (Phi) is 4.65. The van der Waals surface area contributed by atoms with Crippen LogP contribution in [0.15, 0.2) is 42.6 Å². The highest BCUT2D eigenvalue weighted by molar-refractivity contribution is 5.67. The molecule has 22 heavy (non-hydrogen) atoms. The summed E-state index contributed by atoms with van der Waals surface area (Å²) in [6.07, 6.45) is 1.21. The second-order valence-corrected chi connectivity index (χ2v) is 6.03. The Balaban J connectivity index is 1.95. The minimum atomic E-state index is -0.491. The van der Waals surface area contributed by atoms with Gasteiger partial charge in [0.25, 0.3) is 0 Å². The van der Waals surface area contributed by atoms with Gasteiger partial charge in [-0.3, -0.25) is 4.98 Å². The van der Waals surface area contributed by atoms with Crippen molar-refractivity contribution in [2.24, 2.45) is 0 Å². The first kappa shape index (κ1) is 15.8. The topological polar surface area (TPSA) is 77.2 Å². The largest absolute Gasteiger partial charge is 0.444 e. The molecule has 116 valence electrons.